The lowest BCUT2D eigenvalue weighted by atomic mass is 10.00. The second-order valence-corrected chi connectivity index (χ2v) is 5.77. The maximum Gasteiger partial charge on any atom is 0.235 e. The topological polar surface area (TPSA) is 68.2 Å². The van der Waals surface area contributed by atoms with Crippen LogP contribution in [0.5, 0.6) is 0 Å². The molecular formula is C14H24N4O. The molecule has 1 heterocycles. The largest absolute Gasteiger partial charge is 0.337 e. The van der Waals surface area contributed by atoms with Crippen LogP contribution < -0.4 is 10.6 Å². The van der Waals surface area contributed by atoms with Crippen LogP contribution in [0.2, 0.25) is 0 Å². The summed E-state index contributed by atoms with van der Waals surface area (Å²) in [4.78, 5) is 14.4. The highest BCUT2D eigenvalue weighted by Crippen LogP contribution is 2.28. The highest BCUT2D eigenvalue weighted by atomic mass is 16.2. The van der Waals surface area contributed by atoms with E-state index >= 15 is 0 Å². The fourth-order valence-corrected chi connectivity index (χ4v) is 3.30. The number of likely N-dealkylation sites (N-methyl/N-ethyl adjacent to an activating group) is 1. The Morgan fingerprint density at radius 1 is 1.42 bits per heavy atom. The van der Waals surface area contributed by atoms with Crippen LogP contribution in [0.15, 0.2) is 0 Å². The van der Waals surface area contributed by atoms with Gasteiger partial charge >= 0.3 is 0 Å². The molecule has 5 heteroatoms. The number of likely N-dealkylation sites (tertiary alicyclic amines) is 1. The van der Waals surface area contributed by atoms with E-state index in [1.54, 1.807) is 0 Å². The molecule has 0 aromatic heterocycles. The Morgan fingerprint density at radius 3 is 2.79 bits per heavy atom. The molecule has 0 aromatic rings. The van der Waals surface area contributed by atoms with Crippen molar-refractivity contribution in [2.75, 3.05) is 26.7 Å². The monoisotopic (exact) mass is 264 g/mol. The molecule has 0 radical (unpaired) electrons. The van der Waals surface area contributed by atoms with Crippen molar-refractivity contribution in [3.8, 4) is 6.07 Å². The standard InChI is InChI=1S/C14H24N4O/c1-16-9-12-5-4-8-18(12)10-13(19)17-14(11-15)6-2-3-7-14/h12,16H,2-10H2,1H3,(H,17,19). The zero-order valence-corrected chi connectivity index (χ0v) is 11.7. The quantitative estimate of drug-likeness (QED) is 0.764. The Labute approximate surface area is 115 Å². The summed E-state index contributed by atoms with van der Waals surface area (Å²) in [7, 11) is 1.94. The molecule has 2 N–H and O–H groups in total. The third-order valence-electron chi connectivity index (χ3n) is 4.34. The minimum atomic E-state index is -0.588. The zero-order chi connectivity index (χ0) is 13.7. The summed E-state index contributed by atoms with van der Waals surface area (Å²) in [5.41, 5.74) is -0.588. The van der Waals surface area contributed by atoms with Crippen molar-refractivity contribution in [1.29, 1.82) is 5.26 Å². The number of carbonyl (C=O) groups is 1. The van der Waals surface area contributed by atoms with Crippen molar-refractivity contribution < 1.29 is 4.79 Å². The molecule has 0 bridgehead atoms. The van der Waals surface area contributed by atoms with E-state index < -0.39 is 5.54 Å². The van der Waals surface area contributed by atoms with Crippen molar-refractivity contribution in [3.63, 3.8) is 0 Å². The van der Waals surface area contributed by atoms with Crippen LogP contribution in [0.1, 0.15) is 38.5 Å². The van der Waals surface area contributed by atoms with Crippen molar-refractivity contribution >= 4 is 5.91 Å². The SMILES string of the molecule is CNCC1CCCN1CC(=O)NC1(C#N)CCCC1. The molecule has 1 saturated carbocycles. The van der Waals surface area contributed by atoms with E-state index in [0.29, 0.717) is 12.6 Å². The Balaban J connectivity index is 1.85. The fourth-order valence-electron chi connectivity index (χ4n) is 3.30. The molecule has 1 saturated heterocycles. The average molecular weight is 264 g/mol. The van der Waals surface area contributed by atoms with Gasteiger partial charge in [-0.25, -0.2) is 0 Å². The smallest absolute Gasteiger partial charge is 0.235 e. The summed E-state index contributed by atoms with van der Waals surface area (Å²) >= 11 is 0. The zero-order valence-electron chi connectivity index (χ0n) is 11.7. The lowest BCUT2D eigenvalue weighted by Crippen LogP contribution is -2.50. The summed E-state index contributed by atoms with van der Waals surface area (Å²) in [5, 5.41) is 15.4. The molecule has 106 valence electrons. The van der Waals surface area contributed by atoms with Gasteiger partial charge in [-0.3, -0.25) is 9.69 Å². The molecule has 0 aromatic carbocycles. The summed E-state index contributed by atoms with van der Waals surface area (Å²) in [5.74, 6) is 0.00598. The number of nitrogens with one attached hydrogen (secondary N) is 2. The highest BCUT2D eigenvalue weighted by Gasteiger charge is 2.36. The summed E-state index contributed by atoms with van der Waals surface area (Å²) in [6, 6.07) is 2.76. The molecule has 2 rings (SSSR count). The number of hydrogen-bond donors (Lipinski definition) is 2. The molecule has 19 heavy (non-hydrogen) atoms. The normalized spacial score (nSPS) is 26.2. The lowest BCUT2D eigenvalue weighted by molar-refractivity contribution is -0.123. The van der Waals surface area contributed by atoms with Gasteiger partial charge in [-0.15, -0.1) is 0 Å². The van der Waals surface area contributed by atoms with Gasteiger partial charge in [0.15, 0.2) is 0 Å². The third-order valence-corrected chi connectivity index (χ3v) is 4.34. The van der Waals surface area contributed by atoms with Crippen LogP contribution in [0.4, 0.5) is 0 Å². The minimum Gasteiger partial charge on any atom is -0.337 e. The maximum atomic E-state index is 12.1. The second-order valence-electron chi connectivity index (χ2n) is 5.77. The molecule has 2 aliphatic rings. The van der Waals surface area contributed by atoms with Gasteiger partial charge in [-0.05, 0) is 52.1 Å². The lowest BCUT2D eigenvalue weighted by Gasteiger charge is -2.27. The summed E-state index contributed by atoms with van der Waals surface area (Å²) in [6.45, 7) is 2.34. The molecular weight excluding hydrogens is 240 g/mol. The first-order chi connectivity index (χ1) is 9.19. The fraction of sp³-hybridized carbons (Fsp3) is 0.857. The molecule has 1 amide bonds. The number of carbonyl (C=O) groups excluding carboxylic acids is 1. The van der Waals surface area contributed by atoms with E-state index in [9.17, 15) is 10.1 Å². The van der Waals surface area contributed by atoms with E-state index in [2.05, 4.69) is 21.6 Å². The summed E-state index contributed by atoms with van der Waals surface area (Å²) < 4.78 is 0. The van der Waals surface area contributed by atoms with Crippen molar-refractivity contribution in [1.82, 2.24) is 15.5 Å². The molecule has 5 nitrogen and oxygen atoms in total. The average Bonchev–Trinajstić information content (AvgIpc) is 3.01. The van der Waals surface area contributed by atoms with Gasteiger partial charge in [-0.1, -0.05) is 0 Å². The van der Waals surface area contributed by atoms with Crippen molar-refractivity contribution in [3.05, 3.63) is 0 Å². The van der Waals surface area contributed by atoms with Crippen LogP contribution in [0, 0.1) is 11.3 Å². The predicted octanol–water partition coefficient (Wildman–Crippen LogP) is 0.623. The van der Waals surface area contributed by atoms with E-state index in [1.165, 1.54) is 0 Å². The molecule has 1 atom stereocenters. The van der Waals surface area contributed by atoms with Gasteiger partial charge in [0.25, 0.3) is 0 Å². The van der Waals surface area contributed by atoms with Crippen LogP contribution in [-0.2, 0) is 4.79 Å². The molecule has 2 fully saturated rings. The second kappa shape index (κ2) is 6.36. The number of rotatable bonds is 5. The van der Waals surface area contributed by atoms with Gasteiger partial charge in [-0.2, -0.15) is 5.26 Å². The van der Waals surface area contributed by atoms with Gasteiger partial charge < -0.3 is 10.6 Å². The first kappa shape index (κ1) is 14.3. The minimum absolute atomic E-state index is 0.00598. The number of amides is 1. The molecule has 1 aliphatic carbocycles. The van der Waals surface area contributed by atoms with Crippen LogP contribution in [0.25, 0.3) is 0 Å². The van der Waals surface area contributed by atoms with Crippen LogP contribution in [-0.4, -0.2) is 49.1 Å². The predicted molar refractivity (Wildman–Crippen MR) is 73.5 cm³/mol. The van der Waals surface area contributed by atoms with Gasteiger partial charge in [0, 0.05) is 12.6 Å². The first-order valence-corrected chi connectivity index (χ1v) is 7.30. The van der Waals surface area contributed by atoms with E-state index in [4.69, 9.17) is 0 Å². The maximum absolute atomic E-state index is 12.1. The van der Waals surface area contributed by atoms with Gasteiger partial charge in [0.05, 0.1) is 12.6 Å². The number of nitrogens with zero attached hydrogens (tertiary/aromatic N) is 2. The Bertz CT molecular complexity index is 357. The first-order valence-electron chi connectivity index (χ1n) is 7.30. The van der Waals surface area contributed by atoms with E-state index in [-0.39, 0.29) is 5.91 Å². The highest BCUT2D eigenvalue weighted by molar-refractivity contribution is 5.79. The van der Waals surface area contributed by atoms with Gasteiger partial charge in [0.2, 0.25) is 5.91 Å². The van der Waals surface area contributed by atoms with E-state index in [1.807, 2.05) is 7.05 Å². The van der Waals surface area contributed by atoms with Crippen LogP contribution >= 0.6 is 0 Å². The summed E-state index contributed by atoms with van der Waals surface area (Å²) in [6.07, 6.45) is 5.99. The number of hydrogen-bond acceptors (Lipinski definition) is 4. The Hall–Kier alpha value is -1.12. The molecule has 1 aliphatic heterocycles. The Morgan fingerprint density at radius 2 is 2.16 bits per heavy atom. The third kappa shape index (κ3) is 3.46. The van der Waals surface area contributed by atoms with E-state index in [0.717, 1.165) is 51.6 Å². The molecule has 1 unspecified atom stereocenters. The number of nitriles is 1. The molecule has 0 spiro atoms. The Kier molecular flexibility index (Phi) is 4.78. The van der Waals surface area contributed by atoms with Crippen LogP contribution in [0.3, 0.4) is 0 Å². The van der Waals surface area contributed by atoms with Crippen molar-refractivity contribution in [2.45, 2.75) is 50.1 Å². The van der Waals surface area contributed by atoms with Crippen molar-refractivity contribution in [2.24, 2.45) is 0 Å². The van der Waals surface area contributed by atoms with Gasteiger partial charge in [0.1, 0.15) is 5.54 Å².